The third-order valence-electron chi connectivity index (χ3n) is 3.21. The lowest BCUT2D eigenvalue weighted by molar-refractivity contribution is 0.297. The molecule has 0 atom stereocenters. The van der Waals surface area contributed by atoms with E-state index in [1.54, 1.807) is 4.68 Å². The highest BCUT2D eigenvalue weighted by atomic mass is 35.5. The summed E-state index contributed by atoms with van der Waals surface area (Å²) >= 11 is 6.26. The highest BCUT2D eigenvalue weighted by molar-refractivity contribution is 6.32. The molecule has 20 heavy (non-hydrogen) atoms. The Morgan fingerprint density at radius 2 is 2.15 bits per heavy atom. The first-order chi connectivity index (χ1) is 9.65. The number of hydrogen-bond donors (Lipinski definition) is 1. The van der Waals surface area contributed by atoms with Crippen molar-refractivity contribution in [3.63, 3.8) is 0 Å². The van der Waals surface area contributed by atoms with E-state index in [9.17, 15) is 0 Å². The minimum absolute atomic E-state index is 0.436. The molecular weight excluding hydrogens is 280 g/mol. The number of rotatable bonds is 2. The molecule has 7 heteroatoms. The Kier molecular flexibility index (Phi) is 3.40. The molecule has 0 bridgehead atoms. The molecule has 1 aliphatic rings. The van der Waals surface area contributed by atoms with Crippen molar-refractivity contribution in [2.75, 3.05) is 18.9 Å². The van der Waals surface area contributed by atoms with Gasteiger partial charge in [0.1, 0.15) is 0 Å². The van der Waals surface area contributed by atoms with Crippen LogP contribution >= 0.6 is 11.6 Å². The van der Waals surface area contributed by atoms with E-state index in [0.717, 1.165) is 17.7 Å². The Bertz CT molecular complexity index is 642. The van der Waals surface area contributed by atoms with Crippen molar-refractivity contribution in [3.8, 4) is 11.5 Å². The maximum atomic E-state index is 6.26. The molecule has 0 radical (unpaired) electrons. The summed E-state index contributed by atoms with van der Waals surface area (Å²) in [6.45, 7) is 3.65. The Hall–Kier alpha value is -1.95. The van der Waals surface area contributed by atoms with Crippen molar-refractivity contribution in [2.45, 2.75) is 19.9 Å². The van der Waals surface area contributed by atoms with Crippen molar-refractivity contribution >= 4 is 17.4 Å². The molecule has 106 valence electrons. The molecule has 1 aromatic carbocycles. The molecule has 0 saturated carbocycles. The van der Waals surface area contributed by atoms with Gasteiger partial charge in [0.2, 0.25) is 0 Å². The summed E-state index contributed by atoms with van der Waals surface area (Å²) < 4.78 is 13.0. The first-order valence-corrected chi connectivity index (χ1v) is 6.76. The van der Waals surface area contributed by atoms with E-state index < -0.39 is 0 Å². The third kappa shape index (κ3) is 2.38. The van der Waals surface area contributed by atoms with Gasteiger partial charge in [-0.25, -0.2) is 4.68 Å². The molecule has 0 spiro atoms. The zero-order chi connectivity index (χ0) is 14.1. The second-order valence-electron chi connectivity index (χ2n) is 4.67. The molecule has 0 amide bonds. The molecule has 1 aromatic heterocycles. The van der Waals surface area contributed by atoms with Crippen LogP contribution < -0.4 is 15.2 Å². The third-order valence-corrected chi connectivity index (χ3v) is 3.49. The fourth-order valence-corrected chi connectivity index (χ4v) is 2.36. The SMILES string of the molecule is Cc1c(N)nnn1Cc1cc(Cl)c2c(c1)OCCCO2. The van der Waals surface area contributed by atoms with Crippen LogP contribution in [0.1, 0.15) is 17.7 Å². The lowest BCUT2D eigenvalue weighted by Crippen LogP contribution is -2.05. The second kappa shape index (κ2) is 5.20. The number of anilines is 1. The molecule has 1 aliphatic heterocycles. The van der Waals surface area contributed by atoms with Gasteiger partial charge in [-0.05, 0) is 24.6 Å². The van der Waals surface area contributed by atoms with Crippen LogP contribution in [0.4, 0.5) is 5.82 Å². The van der Waals surface area contributed by atoms with Crippen LogP contribution in [-0.2, 0) is 6.54 Å². The fraction of sp³-hybridized carbons (Fsp3) is 0.385. The van der Waals surface area contributed by atoms with Gasteiger partial charge in [-0.15, -0.1) is 5.10 Å². The van der Waals surface area contributed by atoms with Crippen molar-refractivity contribution in [2.24, 2.45) is 0 Å². The highest BCUT2D eigenvalue weighted by Crippen LogP contribution is 2.38. The molecule has 6 nitrogen and oxygen atoms in total. The van der Waals surface area contributed by atoms with Crippen molar-refractivity contribution in [3.05, 3.63) is 28.4 Å². The van der Waals surface area contributed by atoms with Gasteiger partial charge >= 0.3 is 0 Å². The molecular formula is C13H15ClN4O2. The summed E-state index contributed by atoms with van der Waals surface area (Å²) in [6, 6.07) is 3.77. The molecule has 2 N–H and O–H groups in total. The van der Waals surface area contributed by atoms with Gasteiger partial charge in [0, 0.05) is 6.42 Å². The van der Waals surface area contributed by atoms with Crippen LogP contribution in [0.25, 0.3) is 0 Å². The van der Waals surface area contributed by atoms with Gasteiger partial charge in [-0.2, -0.15) is 0 Å². The van der Waals surface area contributed by atoms with Gasteiger partial charge in [0.15, 0.2) is 17.3 Å². The first kappa shape index (κ1) is 13.1. The van der Waals surface area contributed by atoms with E-state index in [1.165, 1.54) is 0 Å². The molecule has 0 saturated heterocycles. The zero-order valence-electron chi connectivity index (χ0n) is 11.1. The predicted octanol–water partition coefficient (Wildman–Crippen LogP) is 2.03. The number of fused-ring (bicyclic) bond motifs is 1. The smallest absolute Gasteiger partial charge is 0.179 e. The van der Waals surface area contributed by atoms with Crippen molar-refractivity contribution < 1.29 is 9.47 Å². The Balaban J connectivity index is 1.93. The van der Waals surface area contributed by atoms with Crippen molar-refractivity contribution in [1.29, 1.82) is 0 Å². The summed E-state index contributed by atoms with van der Waals surface area (Å²) in [6.07, 6.45) is 0.846. The monoisotopic (exact) mass is 294 g/mol. The zero-order valence-corrected chi connectivity index (χ0v) is 11.9. The van der Waals surface area contributed by atoms with E-state index in [-0.39, 0.29) is 0 Å². The van der Waals surface area contributed by atoms with E-state index in [2.05, 4.69) is 10.3 Å². The summed E-state index contributed by atoms with van der Waals surface area (Å²) in [5.74, 6) is 1.73. The number of nitrogen functional groups attached to an aromatic ring is 1. The van der Waals surface area contributed by atoms with Crippen LogP contribution in [0.2, 0.25) is 5.02 Å². The normalized spacial score (nSPS) is 14.1. The molecule has 2 aromatic rings. The largest absolute Gasteiger partial charge is 0.489 e. The van der Waals surface area contributed by atoms with Gasteiger partial charge < -0.3 is 15.2 Å². The quantitative estimate of drug-likeness (QED) is 0.917. The summed E-state index contributed by atoms with van der Waals surface area (Å²) in [5.41, 5.74) is 7.48. The van der Waals surface area contributed by atoms with E-state index in [4.69, 9.17) is 26.8 Å². The predicted molar refractivity (Wildman–Crippen MR) is 75.3 cm³/mol. The number of nitrogens with zero attached hydrogens (tertiary/aromatic N) is 3. The number of benzene rings is 1. The summed E-state index contributed by atoms with van der Waals surface area (Å²) in [7, 11) is 0. The minimum Gasteiger partial charge on any atom is -0.489 e. The van der Waals surface area contributed by atoms with Crippen LogP contribution in [-0.4, -0.2) is 28.2 Å². The minimum atomic E-state index is 0.436. The Labute approximate surface area is 121 Å². The lowest BCUT2D eigenvalue weighted by Gasteiger charge is -2.12. The molecule has 0 unspecified atom stereocenters. The van der Waals surface area contributed by atoms with Crippen LogP contribution in [0.15, 0.2) is 12.1 Å². The standard InChI is InChI=1S/C13H15ClN4O2/c1-8-13(15)16-17-18(8)7-9-5-10(14)12-11(6-9)19-3-2-4-20-12/h5-6H,2-4,7,15H2,1H3. The van der Waals surface area contributed by atoms with Crippen LogP contribution in [0.3, 0.4) is 0 Å². The average molecular weight is 295 g/mol. The number of aromatic nitrogens is 3. The number of nitrogens with two attached hydrogens (primary N) is 1. The Morgan fingerprint density at radius 1 is 1.35 bits per heavy atom. The van der Waals surface area contributed by atoms with Crippen LogP contribution in [0.5, 0.6) is 11.5 Å². The summed E-state index contributed by atoms with van der Waals surface area (Å²) in [5, 5.41) is 8.38. The summed E-state index contributed by atoms with van der Waals surface area (Å²) in [4.78, 5) is 0. The second-order valence-corrected chi connectivity index (χ2v) is 5.08. The number of halogens is 1. The molecule has 2 heterocycles. The lowest BCUT2D eigenvalue weighted by atomic mass is 10.2. The molecule has 0 aliphatic carbocycles. The topological polar surface area (TPSA) is 75.2 Å². The van der Waals surface area contributed by atoms with Gasteiger partial charge in [-0.3, -0.25) is 0 Å². The maximum Gasteiger partial charge on any atom is 0.179 e. The van der Waals surface area contributed by atoms with Crippen molar-refractivity contribution in [1.82, 2.24) is 15.0 Å². The van der Waals surface area contributed by atoms with Crippen LogP contribution in [0, 0.1) is 6.92 Å². The van der Waals surface area contributed by atoms with E-state index in [0.29, 0.717) is 42.1 Å². The Morgan fingerprint density at radius 3 is 2.90 bits per heavy atom. The maximum absolute atomic E-state index is 6.26. The molecule has 3 rings (SSSR count). The van der Waals surface area contributed by atoms with E-state index >= 15 is 0 Å². The number of hydrogen-bond acceptors (Lipinski definition) is 5. The number of ether oxygens (including phenoxy) is 2. The van der Waals surface area contributed by atoms with Gasteiger partial charge in [0.25, 0.3) is 0 Å². The average Bonchev–Trinajstić information content (AvgIpc) is 2.66. The van der Waals surface area contributed by atoms with Gasteiger partial charge in [-0.1, -0.05) is 16.8 Å². The van der Waals surface area contributed by atoms with Gasteiger partial charge in [0.05, 0.1) is 30.5 Å². The first-order valence-electron chi connectivity index (χ1n) is 6.38. The molecule has 0 fully saturated rings. The fourth-order valence-electron chi connectivity index (χ4n) is 2.07. The van der Waals surface area contributed by atoms with E-state index in [1.807, 2.05) is 19.1 Å². The highest BCUT2D eigenvalue weighted by Gasteiger charge is 2.16.